The van der Waals surface area contributed by atoms with Crippen molar-refractivity contribution < 1.29 is 28.7 Å². The number of halogens is 2. The van der Waals surface area contributed by atoms with E-state index in [2.05, 4.69) is 5.32 Å². The Morgan fingerprint density at radius 1 is 1.06 bits per heavy atom. The first kappa shape index (κ1) is 23.6. The van der Waals surface area contributed by atoms with E-state index in [0.29, 0.717) is 33.8 Å². The third-order valence-electron chi connectivity index (χ3n) is 4.68. The highest BCUT2D eigenvalue weighted by Crippen LogP contribution is 2.35. The number of thioether (sulfide) groups is 1. The minimum Gasteiger partial charge on any atom is -0.478 e. The summed E-state index contributed by atoms with van der Waals surface area (Å²) < 4.78 is 5.70. The van der Waals surface area contributed by atoms with Gasteiger partial charge in [-0.1, -0.05) is 23.2 Å². The van der Waals surface area contributed by atoms with Gasteiger partial charge in [0.25, 0.3) is 11.1 Å². The van der Waals surface area contributed by atoms with Gasteiger partial charge in [-0.2, -0.15) is 0 Å². The van der Waals surface area contributed by atoms with Crippen LogP contribution in [0.15, 0.2) is 63.9 Å². The van der Waals surface area contributed by atoms with Crippen LogP contribution in [0.5, 0.6) is 0 Å². The van der Waals surface area contributed by atoms with E-state index in [1.807, 2.05) is 0 Å². The number of nitrogens with zero attached hydrogens (tertiary/aromatic N) is 1. The first-order chi connectivity index (χ1) is 16.2. The number of hydrogen-bond donors (Lipinski definition) is 2. The van der Waals surface area contributed by atoms with Gasteiger partial charge in [0.05, 0.1) is 15.5 Å². The van der Waals surface area contributed by atoms with Crippen molar-refractivity contribution in [2.75, 3.05) is 11.9 Å². The lowest BCUT2D eigenvalue weighted by Crippen LogP contribution is -2.36. The number of benzene rings is 2. The second kappa shape index (κ2) is 9.76. The molecule has 4 rings (SSSR count). The summed E-state index contributed by atoms with van der Waals surface area (Å²) in [4.78, 5) is 49.4. The average molecular weight is 517 g/mol. The molecular formula is C23H14Cl2N2O6S. The summed E-state index contributed by atoms with van der Waals surface area (Å²) in [5, 5.41) is 12.0. The van der Waals surface area contributed by atoms with E-state index in [9.17, 15) is 24.3 Å². The molecule has 3 aromatic rings. The summed E-state index contributed by atoms with van der Waals surface area (Å²) >= 11 is 12.7. The maximum atomic E-state index is 12.7. The van der Waals surface area contributed by atoms with Crippen molar-refractivity contribution in [2.24, 2.45) is 0 Å². The van der Waals surface area contributed by atoms with Crippen LogP contribution in [0.1, 0.15) is 16.1 Å². The number of amides is 3. The van der Waals surface area contributed by atoms with Gasteiger partial charge in [-0.25, -0.2) is 4.79 Å². The molecule has 0 saturated carbocycles. The number of carbonyl (C=O) groups is 4. The molecule has 0 spiro atoms. The molecule has 172 valence electrons. The van der Waals surface area contributed by atoms with Crippen LogP contribution >= 0.6 is 35.0 Å². The van der Waals surface area contributed by atoms with Crippen molar-refractivity contribution in [1.29, 1.82) is 0 Å². The molecule has 8 nitrogen and oxygen atoms in total. The highest BCUT2D eigenvalue weighted by molar-refractivity contribution is 8.18. The molecule has 11 heteroatoms. The molecule has 0 bridgehead atoms. The Hall–Kier alpha value is -3.53. The number of hydrogen-bond acceptors (Lipinski definition) is 6. The van der Waals surface area contributed by atoms with Crippen LogP contribution in [0.3, 0.4) is 0 Å². The molecule has 2 aromatic carbocycles. The van der Waals surface area contributed by atoms with E-state index in [-0.39, 0.29) is 21.3 Å². The number of aromatic carboxylic acids is 1. The summed E-state index contributed by atoms with van der Waals surface area (Å²) in [6.45, 7) is -0.453. The monoisotopic (exact) mass is 516 g/mol. The van der Waals surface area contributed by atoms with Crippen LogP contribution in [-0.4, -0.2) is 39.6 Å². The van der Waals surface area contributed by atoms with Crippen LogP contribution in [-0.2, 0) is 9.59 Å². The van der Waals surface area contributed by atoms with Crippen molar-refractivity contribution in [1.82, 2.24) is 4.90 Å². The van der Waals surface area contributed by atoms with Gasteiger partial charge in [-0.05, 0) is 66.4 Å². The Bertz CT molecular complexity index is 1350. The van der Waals surface area contributed by atoms with Gasteiger partial charge in [0.15, 0.2) is 0 Å². The summed E-state index contributed by atoms with van der Waals surface area (Å²) in [6.07, 6.45) is 1.38. The zero-order chi connectivity index (χ0) is 24.4. The zero-order valence-electron chi connectivity index (χ0n) is 17.1. The predicted molar refractivity (Wildman–Crippen MR) is 129 cm³/mol. The third-order valence-corrected chi connectivity index (χ3v) is 6.17. The fourth-order valence-electron chi connectivity index (χ4n) is 3.07. The second-order valence-corrected chi connectivity index (χ2v) is 8.86. The number of furan rings is 1. The van der Waals surface area contributed by atoms with Crippen molar-refractivity contribution >= 4 is 69.8 Å². The molecule has 2 N–H and O–H groups in total. The number of rotatable bonds is 6. The predicted octanol–water partition coefficient (Wildman–Crippen LogP) is 5.63. The van der Waals surface area contributed by atoms with Gasteiger partial charge in [0.1, 0.15) is 18.1 Å². The minimum absolute atomic E-state index is 0.0374. The van der Waals surface area contributed by atoms with Crippen LogP contribution in [0.2, 0.25) is 10.0 Å². The smallest absolute Gasteiger partial charge is 0.335 e. The van der Waals surface area contributed by atoms with E-state index in [1.54, 1.807) is 36.4 Å². The van der Waals surface area contributed by atoms with Gasteiger partial charge in [0.2, 0.25) is 5.91 Å². The van der Waals surface area contributed by atoms with Crippen LogP contribution in [0.25, 0.3) is 17.4 Å². The lowest BCUT2D eigenvalue weighted by Gasteiger charge is -2.12. The Morgan fingerprint density at radius 3 is 2.50 bits per heavy atom. The Balaban J connectivity index is 1.48. The minimum atomic E-state index is -1.11. The van der Waals surface area contributed by atoms with Gasteiger partial charge in [-0.15, -0.1) is 0 Å². The molecule has 1 aliphatic heterocycles. The van der Waals surface area contributed by atoms with Gasteiger partial charge >= 0.3 is 5.97 Å². The Morgan fingerprint density at radius 2 is 1.79 bits per heavy atom. The number of carboxylic acid groups (broad SMARTS) is 1. The molecule has 1 aromatic heterocycles. The molecule has 0 radical (unpaired) electrons. The molecule has 3 amide bonds. The fourth-order valence-corrected chi connectivity index (χ4v) is 4.22. The summed E-state index contributed by atoms with van der Waals surface area (Å²) in [6, 6.07) is 13.7. The highest BCUT2D eigenvalue weighted by Gasteiger charge is 2.36. The van der Waals surface area contributed by atoms with Crippen molar-refractivity contribution in [2.45, 2.75) is 0 Å². The lowest BCUT2D eigenvalue weighted by atomic mass is 10.1. The topological polar surface area (TPSA) is 117 Å². The molecule has 1 fully saturated rings. The molecular weight excluding hydrogens is 503 g/mol. The number of anilines is 1. The Labute approximate surface area is 207 Å². The van der Waals surface area contributed by atoms with E-state index in [4.69, 9.17) is 27.6 Å². The van der Waals surface area contributed by atoms with E-state index >= 15 is 0 Å². The zero-order valence-corrected chi connectivity index (χ0v) is 19.4. The number of carbonyl (C=O) groups excluding carboxylic acids is 3. The quantitative estimate of drug-likeness (QED) is 0.407. The van der Waals surface area contributed by atoms with E-state index in [1.165, 1.54) is 24.3 Å². The highest BCUT2D eigenvalue weighted by atomic mass is 35.5. The fraction of sp³-hybridized carbons (Fsp3) is 0.0435. The van der Waals surface area contributed by atoms with Gasteiger partial charge in [-0.3, -0.25) is 19.3 Å². The maximum Gasteiger partial charge on any atom is 0.335 e. The third kappa shape index (κ3) is 5.17. The molecule has 1 aliphatic rings. The molecule has 0 aliphatic carbocycles. The molecule has 0 atom stereocenters. The molecule has 0 unspecified atom stereocenters. The SMILES string of the molecule is O=C(CN1C(=O)S/C(=C/c2ccc(-c3cc(C(=O)O)ccc3Cl)o2)C1=O)Nc1ccc(Cl)cc1. The first-order valence-corrected chi connectivity index (χ1v) is 11.2. The second-order valence-electron chi connectivity index (χ2n) is 7.02. The standard InChI is InChI=1S/C23H14Cl2N2O6S/c24-13-2-4-14(5-3-13)26-20(28)11-27-21(29)19(34-23(27)32)10-15-6-8-18(33-15)16-9-12(22(30)31)1-7-17(16)25/h1-10H,11H2,(H,26,28)(H,30,31)/b19-10+. The average Bonchev–Trinajstić information content (AvgIpc) is 3.35. The molecule has 2 heterocycles. The first-order valence-electron chi connectivity index (χ1n) is 9.65. The van der Waals surface area contributed by atoms with E-state index < -0.39 is 29.6 Å². The normalized spacial score (nSPS) is 14.6. The molecule has 34 heavy (non-hydrogen) atoms. The van der Waals surface area contributed by atoms with Crippen molar-refractivity contribution in [3.05, 3.63) is 80.9 Å². The largest absolute Gasteiger partial charge is 0.478 e. The van der Waals surface area contributed by atoms with Gasteiger partial charge < -0.3 is 14.8 Å². The van der Waals surface area contributed by atoms with Crippen LogP contribution in [0.4, 0.5) is 10.5 Å². The number of nitrogens with one attached hydrogen (secondary N) is 1. The maximum absolute atomic E-state index is 12.7. The lowest BCUT2D eigenvalue weighted by molar-refractivity contribution is -0.127. The number of carboxylic acids is 1. The Kier molecular flexibility index (Phi) is 6.78. The number of imide groups is 1. The summed E-state index contributed by atoms with van der Waals surface area (Å²) in [5.41, 5.74) is 0.884. The summed E-state index contributed by atoms with van der Waals surface area (Å²) in [5.74, 6) is -1.74. The van der Waals surface area contributed by atoms with Gasteiger partial charge in [0, 0.05) is 22.3 Å². The molecule has 1 saturated heterocycles. The van der Waals surface area contributed by atoms with Crippen LogP contribution < -0.4 is 5.32 Å². The summed E-state index contributed by atoms with van der Waals surface area (Å²) in [7, 11) is 0. The van der Waals surface area contributed by atoms with Crippen molar-refractivity contribution in [3.8, 4) is 11.3 Å². The van der Waals surface area contributed by atoms with E-state index in [0.717, 1.165) is 4.90 Å². The van der Waals surface area contributed by atoms with Crippen LogP contribution in [0, 0.1) is 0 Å². The van der Waals surface area contributed by atoms with Crippen molar-refractivity contribution in [3.63, 3.8) is 0 Å².